The average molecular weight is 465 g/mol. The van der Waals surface area contributed by atoms with Crippen LogP contribution in [0.25, 0.3) is 0 Å². The zero-order chi connectivity index (χ0) is 23.8. The van der Waals surface area contributed by atoms with Crippen molar-refractivity contribution in [1.82, 2.24) is 0 Å². The van der Waals surface area contributed by atoms with E-state index in [0.717, 1.165) is 19.3 Å². The molecule has 2 aliphatic heterocycles. The van der Waals surface area contributed by atoms with Crippen molar-refractivity contribution in [3.05, 3.63) is 24.3 Å². The molecule has 1 saturated carbocycles. The van der Waals surface area contributed by atoms with Gasteiger partial charge in [0.1, 0.15) is 17.1 Å². The maximum Gasteiger partial charge on any atom is 0.347 e. The fourth-order valence-corrected chi connectivity index (χ4v) is 5.55. The number of aliphatic hydroxyl groups is 2. The van der Waals surface area contributed by atoms with Crippen LogP contribution >= 0.6 is 0 Å². The van der Waals surface area contributed by atoms with Gasteiger partial charge in [-0.3, -0.25) is 0 Å². The van der Waals surface area contributed by atoms with Gasteiger partial charge in [-0.2, -0.15) is 0 Å². The smallest absolute Gasteiger partial charge is 0.347 e. The summed E-state index contributed by atoms with van der Waals surface area (Å²) < 4.78 is 28.8. The Balaban J connectivity index is 1.47. The lowest BCUT2D eigenvalue weighted by Gasteiger charge is -2.55. The molecular weight excluding hydrogens is 428 g/mol. The number of hydrogen-bond donors (Lipinski definition) is 2. The fourth-order valence-electron chi connectivity index (χ4n) is 5.55. The van der Waals surface area contributed by atoms with Crippen LogP contribution in [0.5, 0.6) is 11.5 Å². The van der Waals surface area contributed by atoms with Crippen molar-refractivity contribution >= 4 is 5.97 Å². The highest BCUT2D eigenvalue weighted by atomic mass is 16.8. The zero-order valence-electron chi connectivity index (χ0n) is 19.9. The third-order valence-electron chi connectivity index (χ3n) is 7.34. The van der Waals surface area contributed by atoms with Crippen molar-refractivity contribution < 1.29 is 38.7 Å². The molecule has 0 amide bonds. The standard InChI is InChI=1S/C25H36O8/c1-5-29-21(26)16(3)30-18-9-11-19(12-10-18)31-22-15(2)20-8-6-7-17-13-14-24(4,27)33-23(32-22)25(17,20)28/h9-12,15-17,20,22-23,27-28H,5-8,13-14H2,1-4H3/t15?,16?,17?,20?,22?,23?,24-,25+/m0/s1. The molecule has 6 unspecified atom stereocenters. The van der Waals surface area contributed by atoms with Crippen LogP contribution in [-0.4, -0.2) is 52.9 Å². The van der Waals surface area contributed by atoms with Gasteiger partial charge in [-0.15, -0.1) is 0 Å². The van der Waals surface area contributed by atoms with E-state index in [1.807, 2.05) is 6.92 Å². The second-order valence-electron chi connectivity index (χ2n) is 9.75. The molecular formula is C25H36O8. The first kappa shape index (κ1) is 24.3. The van der Waals surface area contributed by atoms with Crippen LogP contribution in [0.3, 0.4) is 0 Å². The van der Waals surface area contributed by atoms with Gasteiger partial charge in [-0.25, -0.2) is 4.79 Å². The highest BCUT2D eigenvalue weighted by Gasteiger charge is 2.62. The van der Waals surface area contributed by atoms with Crippen LogP contribution in [-0.2, 0) is 19.0 Å². The van der Waals surface area contributed by atoms with Crippen LogP contribution in [0.1, 0.15) is 59.8 Å². The van der Waals surface area contributed by atoms with E-state index in [-0.39, 0.29) is 17.8 Å². The van der Waals surface area contributed by atoms with E-state index in [9.17, 15) is 15.0 Å². The molecule has 1 aromatic carbocycles. The van der Waals surface area contributed by atoms with Crippen molar-refractivity contribution in [3.63, 3.8) is 0 Å². The minimum Gasteiger partial charge on any atom is -0.479 e. The molecule has 8 atom stereocenters. The molecule has 0 aromatic heterocycles. The molecule has 4 rings (SSSR count). The van der Waals surface area contributed by atoms with Gasteiger partial charge in [0.25, 0.3) is 0 Å². The minimum absolute atomic E-state index is 0.0245. The number of hydrogen-bond acceptors (Lipinski definition) is 8. The van der Waals surface area contributed by atoms with E-state index in [2.05, 4.69) is 0 Å². The number of carbonyl (C=O) groups is 1. The van der Waals surface area contributed by atoms with Crippen LogP contribution in [0.15, 0.2) is 24.3 Å². The number of ether oxygens (including phenoxy) is 5. The van der Waals surface area contributed by atoms with Gasteiger partial charge in [0.15, 0.2) is 18.2 Å². The Morgan fingerprint density at radius 1 is 1.18 bits per heavy atom. The monoisotopic (exact) mass is 464 g/mol. The first-order valence-electron chi connectivity index (χ1n) is 12.0. The third kappa shape index (κ3) is 4.85. The molecule has 0 spiro atoms. The predicted octanol–water partition coefficient (Wildman–Crippen LogP) is 3.38. The molecule has 3 fully saturated rings. The van der Waals surface area contributed by atoms with E-state index >= 15 is 0 Å². The van der Waals surface area contributed by atoms with Crippen LogP contribution in [0.2, 0.25) is 0 Å². The van der Waals surface area contributed by atoms with Crippen LogP contribution in [0, 0.1) is 17.8 Å². The second-order valence-corrected chi connectivity index (χ2v) is 9.75. The lowest BCUT2D eigenvalue weighted by atomic mass is 9.61. The van der Waals surface area contributed by atoms with E-state index in [0.29, 0.717) is 30.9 Å². The minimum atomic E-state index is -1.36. The van der Waals surface area contributed by atoms with E-state index in [1.165, 1.54) is 0 Å². The summed E-state index contributed by atoms with van der Waals surface area (Å²) in [5, 5.41) is 22.4. The Morgan fingerprint density at radius 2 is 1.88 bits per heavy atom. The average Bonchev–Trinajstić information content (AvgIpc) is 2.87. The first-order valence-corrected chi connectivity index (χ1v) is 12.0. The van der Waals surface area contributed by atoms with E-state index < -0.39 is 36.0 Å². The second kappa shape index (κ2) is 9.41. The molecule has 0 bridgehead atoms. The van der Waals surface area contributed by atoms with Crippen molar-refractivity contribution in [2.75, 3.05) is 6.61 Å². The molecule has 0 radical (unpaired) electrons. The summed E-state index contributed by atoms with van der Waals surface area (Å²) in [5.41, 5.74) is -1.14. The Hall–Kier alpha value is -1.87. The van der Waals surface area contributed by atoms with E-state index in [4.69, 9.17) is 23.7 Å². The number of esters is 1. The fraction of sp³-hybridized carbons (Fsp3) is 0.720. The molecule has 8 heteroatoms. The molecule has 3 aliphatic rings. The molecule has 1 aliphatic carbocycles. The summed E-state index contributed by atoms with van der Waals surface area (Å²) >= 11 is 0. The highest BCUT2D eigenvalue weighted by Crippen LogP contribution is 2.54. The van der Waals surface area contributed by atoms with Crippen LogP contribution < -0.4 is 9.47 Å². The summed E-state index contributed by atoms with van der Waals surface area (Å²) in [5.74, 6) is -0.782. The van der Waals surface area contributed by atoms with Crippen molar-refractivity contribution in [2.45, 2.75) is 89.9 Å². The summed E-state index contributed by atoms with van der Waals surface area (Å²) in [7, 11) is 0. The molecule has 8 nitrogen and oxygen atoms in total. The lowest BCUT2D eigenvalue weighted by Crippen LogP contribution is -2.66. The first-order chi connectivity index (χ1) is 15.6. The summed E-state index contributed by atoms with van der Waals surface area (Å²) in [4.78, 5) is 11.8. The quantitative estimate of drug-likeness (QED) is 0.618. The van der Waals surface area contributed by atoms with Gasteiger partial charge in [-0.1, -0.05) is 13.3 Å². The van der Waals surface area contributed by atoms with Gasteiger partial charge in [0.05, 0.1) is 6.61 Å². The Labute approximate surface area is 195 Å². The number of rotatable bonds is 6. The Kier molecular flexibility index (Phi) is 6.92. The SMILES string of the molecule is CCOC(=O)C(C)Oc1ccc(OC2OC3O[C@](C)(O)CCC4CCCC(C2C)[C@]43O)cc1. The van der Waals surface area contributed by atoms with Crippen molar-refractivity contribution in [1.29, 1.82) is 0 Å². The van der Waals surface area contributed by atoms with Crippen LogP contribution in [0.4, 0.5) is 0 Å². The van der Waals surface area contributed by atoms with Gasteiger partial charge in [0, 0.05) is 18.3 Å². The Morgan fingerprint density at radius 3 is 2.58 bits per heavy atom. The number of carbonyl (C=O) groups excluding carboxylic acids is 1. The maximum absolute atomic E-state index is 11.8. The number of benzene rings is 1. The van der Waals surface area contributed by atoms with Gasteiger partial charge in [0.2, 0.25) is 6.29 Å². The molecule has 2 N–H and O–H groups in total. The van der Waals surface area contributed by atoms with Gasteiger partial charge >= 0.3 is 5.97 Å². The predicted molar refractivity (Wildman–Crippen MR) is 118 cm³/mol. The lowest BCUT2D eigenvalue weighted by molar-refractivity contribution is -0.396. The normalized spacial score (nSPS) is 39.0. The highest BCUT2D eigenvalue weighted by molar-refractivity contribution is 5.74. The zero-order valence-corrected chi connectivity index (χ0v) is 19.9. The maximum atomic E-state index is 11.8. The van der Waals surface area contributed by atoms with Gasteiger partial charge in [-0.05, 0) is 70.2 Å². The Bertz CT molecular complexity index is 824. The largest absolute Gasteiger partial charge is 0.479 e. The molecule has 184 valence electrons. The molecule has 33 heavy (non-hydrogen) atoms. The van der Waals surface area contributed by atoms with Crippen molar-refractivity contribution in [3.8, 4) is 11.5 Å². The van der Waals surface area contributed by atoms with Crippen molar-refractivity contribution in [2.24, 2.45) is 17.8 Å². The topological polar surface area (TPSA) is 104 Å². The van der Waals surface area contributed by atoms with E-state index in [1.54, 1.807) is 45.0 Å². The molecule has 2 heterocycles. The summed E-state index contributed by atoms with van der Waals surface area (Å²) in [6, 6.07) is 6.94. The summed E-state index contributed by atoms with van der Waals surface area (Å²) in [6.07, 6.45) is 1.62. The summed E-state index contributed by atoms with van der Waals surface area (Å²) in [6.45, 7) is 7.35. The van der Waals surface area contributed by atoms with Gasteiger partial charge < -0.3 is 33.9 Å². The molecule has 2 saturated heterocycles. The molecule has 1 aromatic rings. The third-order valence-corrected chi connectivity index (χ3v) is 7.34.